The fourth-order valence-electron chi connectivity index (χ4n) is 1.47. The van der Waals surface area contributed by atoms with Gasteiger partial charge in [-0.15, -0.1) is 0 Å². The minimum Gasteiger partial charge on any atom is -0.247 e. The van der Waals surface area contributed by atoms with Gasteiger partial charge in [-0.2, -0.15) is 0 Å². The third kappa shape index (κ3) is 3.13. The summed E-state index contributed by atoms with van der Waals surface area (Å²) in [5.41, 5.74) is 2.56. The molecule has 14 heavy (non-hydrogen) atoms. The van der Waals surface area contributed by atoms with E-state index in [4.69, 9.17) is 0 Å². The van der Waals surface area contributed by atoms with Crippen molar-refractivity contribution in [2.24, 2.45) is 0 Å². The smallest absolute Gasteiger partial charge is 0.101 e. The molecule has 1 aromatic carbocycles. The lowest BCUT2D eigenvalue weighted by atomic mass is 9.86. The second kappa shape index (κ2) is 4.12. The van der Waals surface area contributed by atoms with Crippen LogP contribution in [0.15, 0.2) is 24.3 Å². The first kappa shape index (κ1) is 11.2. The molecule has 0 aliphatic carbocycles. The van der Waals surface area contributed by atoms with E-state index in [1.165, 1.54) is 5.56 Å². The molecular formula is C13H19F. The minimum atomic E-state index is -0.754. The molecule has 1 unspecified atom stereocenters. The van der Waals surface area contributed by atoms with E-state index in [9.17, 15) is 4.39 Å². The Kier molecular flexibility index (Phi) is 3.30. The second-order valence-corrected chi connectivity index (χ2v) is 4.93. The highest BCUT2D eigenvalue weighted by atomic mass is 19.1. The van der Waals surface area contributed by atoms with Gasteiger partial charge in [-0.05, 0) is 23.5 Å². The zero-order valence-electron chi connectivity index (χ0n) is 9.47. The molecule has 1 rings (SSSR count). The number of hydrogen-bond donors (Lipinski definition) is 0. The summed E-state index contributed by atoms with van der Waals surface area (Å²) in [6.45, 7) is 8.14. The fraction of sp³-hybridized carbons (Fsp3) is 0.538. The Bertz CT molecular complexity index is 277. The largest absolute Gasteiger partial charge is 0.247 e. The van der Waals surface area contributed by atoms with E-state index in [0.717, 1.165) is 5.56 Å². The van der Waals surface area contributed by atoms with Crippen molar-refractivity contribution in [3.63, 3.8) is 0 Å². The second-order valence-electron chi connectivity index (χ2n) is 4.93. The van der Waals surface area contributed by atoms with E-state index in [-0.39, 0.29) is 5.41 Å². The zero-order valence-corrected chi connectivity index (χ0v) is 9.47. The lowest BCUT2D eigenvalue weighted by Gasteiger charge is -2.19. The average Bonchev–Trinajstić information content (AvgIpc) is 2.02. The number of halogens is 1. The van der Waals surface area contributed by atoms with E-state index >= 15 is 0 Å². The first-order valence-electron chi connectivity index (χ1n) is 5.13. The maximum Gasteiger partial charge on any atom is 0.101 e. The summed E-state index contributed by atoms with van der Waals surface area (Å²) in [5.74, 6) is 0. The summed E-state index contributed by atoms with van der Waals surface area (Å²) < 4.78 is 12.7. The molecule has 0 N–H and O–H groups in total. The predicted molar refractivity (Wildman–Crippen MR) is 59.4 cm³/mol. The maximum atomic E-state index is 12.7. The van der Waals surface area contributed by atoms with Gasteiger partial charge < -0.3 is 0 Å². The van der Waals surface area contributed by atoms with Crippen LogP contribution in [0.25, 0.3) is 0 Å². The van der Waals surface area contributed by atoms with Crippen LogP contribution in [-0.2, 0) is 11.8 Å². The summed E-state index contributed by atoms with van der Waals surface area (Å²) >= 11 is 0. The van der Waals surface area contributed by atoms with Crippen LogP contribution in [0.3, 0.4) is 0 Å². The first-order chi connectivity index (χ1) is 6.39. The summed E-state index contributed by atoms with van der Waals surface area (Å²) in [4.78, 5) is 0. The number of hydrogen-bond acceptors (Lipinski definition) is 0. The van der Waals surface area contributed by atoms with Crippen molar-refractivity contribution < 1.29 is 4.39 Å². The molecule has 0 amide bonds. The third-order valence-corrected chi connectivity index (χ3v) is 2.34. The van der Waals surface area contributed by atoms with E-state index in [1.54, 1.807) is 6.92 Å². The Balaban J connectivity index is 2.79. The molecular weight excluding hydrogens is 175 g/mol. The predicted octanol–water partition coefficient (Wildman–Crippen LogP) is 3.88. The van der Waals surface area contributed by atoms with Gasteiger partial charge in [0.05, 0.1) is 0 Å². The van der Waals surface area contributed by atoms with Gasteiger partial charge in [0.2, 0.25) is 0 Å². The summed E-state index contributed by atoms with van der Waals surface area (Å²) in [5, 5.41) is 0. The quantitative estimate of drug-likeness (QED) is 0.670. The Morgan fingerprint density at radius 1 is 1.14 bits per heavy atom. The highest BCUT2D eigenvalue weighted by molar-refractivity contribution is 5.27. The Hall–Kier alpha value is -0.850. The molecule has 1 heteroatoms. The summed E-state index contributed by atoms with van der Waals surface area (Å²) in [6, 6.07) is 8.24. The van der Waals surface area contributed by atoms with Gasteiger partial charge in [0.15, 0.2) is 0 Å². The van der Waals surface area contributed by atoms with Crippen molar-refractivity contribution in [3.05, 3.63) is 35.4 Å². The molecule has 0 radical (unpaired) electrons. The van der Waals surface area contributed by atoms with Gasteiger partial charge in [-0.25, -0.2) is 4.39 Å². The van der Waals surface area contributed by atoms with Crippen LogP contribution in [0.5, 0.6) is 0 Å². The lowest BCUT2D eigenvalue weighted by molar-refractivity contribution is 0.360. The van der Waals surface area contributed by atoms with E-state index < -0.39 is 6.17 Å². The lowest BCUT2D eigenvalue weighted by Crippen LogP contribution is -2.11. The molecule has 1 atom stereocenters. The molecule has 0 nitrogen and oxygen atoms in total. The molecule has 0 heterocycles. The van der Waals surface area contributed by atoms with Gasteiger partial charge in [0.25, 0.3) is 0 Å². The van der Waals surface area contributed by atoms with E-state index in [0.29, 0.717) is 6.42 Å². The fourth-order valence-corrected chi connectivity index (χ4v) is 1.47. The molecule has 0 aliphatic heterocycles. The minimum absolute atomic E-state index is 0.180. The van der Waals surface area contributed by atoms with Crippen molar-refractivity contribution in [2.75, 3.05) is 0 Å². The van der Waals surface area contributed by atoms with Crippen LogP contribution in [0.2, 0.25) is 0 Å². The van der Waals surface area contributed by atoms with Crippen molar-refractivity contribution >= 4 is 0 Å². The highest BCUT2D eigenvalue weighted by Gasteiger charge is 2.12. The number of benzene rings is 1. The van der Waals surface area contributed by atoms with Crippen molar-refractivity contribution in [1.29, 1.82) is 0 Å². The molecule has 1 aromatic rings. The van der Waals surface area contributed by atoms with Crippen molar-refractivity contribution in [1.82, 2.24) is 0 Å². The maximum absolute atomic E-state index is 12.7. The molecule has 0 saturated carbocycles. The molecule has 0 fully saturated rings. The molecule has 0 saturated heterocycles. The zero-order chi connectivity index (χ0) is 10.8. The Morgan fingerprint density at radius 2 is 1.64 bits per heavy atom. The SMILES string of the molecule is CC(F)Cc1ccc(C(C)(C)C)cc1. The Morgan fingerprint density at radius 3 is 2.00 bits per heavy atom. The van der Waals surface area contributed by atoms with Crippen LogP contribution in [-0.4, -0.2) is 6.17 Å². The van der Waals surface area contributed by atoms with E-state index in [1.807, 2.05) is 12.1 Å². The Labute approximate surface area is 86.2 Å². The molecule has 0 spiro atoms. The van der Waals surface area contributed by atoms with E-state index in [2.05, 4.69) is 32.9 Å². The number of alkyl halides is 1. The normalized spacial score (nSPS) is 14.1. The van der Waals surface area contributed by atoms with Crippen LogP contribution >= 0.6 is 0 Å². The molecule has 78 valence electrons. The molecule has 0 aliphatic rings. The molecule has 0 bridgehead atoms. The molecule has 0 aromatic heterocycles. The van der Waals surface area contributed by atoms with Crippen LogP contribution < -0.4 is 0 Å². The van der Waals surface area contributed by atoms with Gasteiger partial charge in [-0.3, -0.25) is 0 Å². The van der Waals surface area contributed by atoms with Gasteiger partial charge in [0.1, 0.15) is 6.17 Å². The topological polar surface area (TPSA) is 0 Å². The first-order valence-corrected chi connectivity index (χ1v) is 5.13. The van der Waals surface area contributed by atoms with Crippen LogP contribution in [0.1, 0.15) is 38.8 Å². The number of rotatable bonds is 2. The monoisotopic (exact) mass is 194 g/mol. The average molecular weight is 194 g/mol. The summed E-state index contributed by atoms with van der Waals surface area (Å²) in [6.07, 6.45) is -0.236. The van der Waals surface area contributed by atoms with Gasteiger partial charge in [-0.1, -0.05) is 45.0 Å². The summed E-state index contributed by atoms with van der Waals surface area (Å²) in [7, 11) is 0. The third-order valence-electron chi connectivity index (χ3n) is 2.34. The van der Waals surface area contributed by atoms with Crippen molar-refractivity contribution in [3.8, 4) is 0 Å². The van der Waals surface area contributed by atoms with Crippen LogP contribution in [0.4, 0.5) is 4.39 Å². The standard InChI is InChI=1S/C13H19F/c1-10(14)9-11-5-7-12(8-6-11)13(2,3)4/h5-8,10H,9H2,1-4H3. The van der Waals surface area contributed by atoms with Gasteiger partial charge >= 0.3 is 0 Å². The van der Waals surface area contributed by atoms with Gasteiger partial charge in [0, 0.05) is 6.42 Å². The highest BCUT2D eigenvalue weighted by Crippen LogP contribution is 2.22. The van der Waals surface area contributed by atoms with Crippen molar-refractivity contribution in [2.45, 2.75) is 45.7 Å². The van der Waals surface area contributed by atoms with Crippen LogP contribution in [0, 0.1) is 0 Å².